The van der Waals surface area contributed by atoms with Crippen LogP contribution in [0.2, 0.25) is 0 Å². The highest BCUT2D eigenvalue weighted by molar-refractivity contribution is 7.48. The zero-order valence-electron chi connectivity index (χ0n) is 62.8. The van der Waals surface area contributed by atoms with Crippen LogP contribution in [0.3, 0.4) is 0 Å². The van der Waals surface area contributed by atoms with Gasteiger partial charge < -0.3 is 102 Å². The van der Waals surface area contributed by atoms with Crippen molar-refractivity contribution >= 4 is 116 Å². The second-order valence-corrected chi connectivity index (χ2v) is 36.3. The molecule has 6 aliphatic rings. The molecule has 0 aromatic carbocycles. The lowest BCUT2D eigenvalue weighted by Gasteiger charge is -2.26. The molecule has 0 aliphatic carbocycles. The first-order valence-electron chi connectivity index (χ1n) is 36.2. The van der Waals surface area contributed by atoms with Crippen molar-refractivity contribution in [3.05, 3.63) is 118 Å². The Kier molecular flexibility index (Phi) is 25.5. The van der Waals surface area contributed by atoms with E-state index < -0.39 is 275 Å². The van der Waals surface area contributed by atoms with Crippen LogP contribution in [0, 0.1) is 0 Å². The molecule has 0 saturated carbocycles. The molecule has 9 aromatic heterocycles. The topological polar surface area (TPSA) is 873 Å². The fourth-order valence-electron chi connectivity index (χ4n) is 14.1. The number of aromatic amines is 3. The molecule has 6 fully saturated rings. The van der Waals surface area contributed by atoms with Gasteiger partial charge in [-0.1, -0.05) is 0 Å². The van der Waals surface area contributed by atoms with Crippen molar-refractivity contribution in [1.29, 1.82) is 0 Å². The second-order valence-electron chi connectivity index (χ2n) is 28.0. The fraction of sp³-hybridized carbons (Fsp3) is 0.526. The third-order valence-corrected chi connectivity index (χ3v) is 25.2. The highest BCUT2D eigenvalue weighted by Crippen LogP contribution is 2.57. The van der Waals surface area contributed by atoms with Gasteiger partial charge in [-0.05, 0) is 18.2 Å². The number of fused-ring (bicyclic) bond motifs is 3. The predicted molar refractivity (Wildman–Crippen MR) is 405 cm³/mol. The Bertz CT molecular complexity index is 6230. The molecule has 67 heteroatoms. The summed E-state index contributed by atoms with van der Waals surface area (Å²) in [5.74, 6) is -1.76. The first kappa shape index (κ1) is 89.7. The van der Waals surface area contributed by atoms with Crippen LogP contribution in [-0.4, -0.2) is 239 Å². The highest BCUT2D eigenvalue weighted by atomic mass is 31.2. The van der Waals surface area contributed by atoms with E-state index in [1.807, 2.05) is 0 Å². The number of aliphatic hydroxyl groups excluding tert-OH is 1. The molecule has 124 heavy (non-hydrogen) atoms. The lowest BCUT2D eigenvalue weighted by molar-refractivity contribution is -0.0647. The summed E-state index contributed by atoms with van der Waals surface area (Å²) < 4.78 is 184. The Labute approximate surface area is 686 Å². The van der Waals surface area contributed by atoms with Gasteiger partial charge in [0.15, 0.2) is 33.5 Å². The lowest BCUT2D eigenvalue weighted by atomic mass is 10.2. The average molecular weight is 1870 g/mol. The molecule has 0 amide bonds. The number of phosphoric ester groups is 6. The van der Waals surface area contributed by atoms with Crippen molar-refractivity contribution in [2.24, 2.45) is 0 Å². The van der Waals surface area contributed by atoms with E-state index in [2.05, 4.69) is 64.3 Å². The van der Waals surface area contributed by atoms with Gasteiger partial charge in [0.1, 0.15) is 122 Å². The number of H-pyrrole nitrogens is 3. The number of nitrogens with one attached hydrogen (secondary N) is 3. The Hall–Kier alpha value is -9.13. The van der Waals surface area contributed by atoms with Gasteiger partial charge in [0.2, 0.25) is 17.8 Å². The fourth-order valence-corrected chi connectivity index (χ4v) is 19.3. The molecule has 674 valence electrons. The highest BCUT2D eigenvalue weighted by Gasteiger charge is 2.52. The quantitative estimate of drug-likeness (QED) is 0.0173. The van der Waals surface area contributed by atoms with Gasteiger partial charge >= 0.3 is 64.0 Å². The van der Waals surface area contributed by atoms with E-state index >= 15 is 0 Å². The molecular formula is C57H74N24O37P6. The summed E-state index contributed by atoms with van der Waals surface area (Å²) in [6.45, 7) is -6.36. The lowest BCUT2D eigenvalue weighted by Crippen LogP contribution is -2.32. The number of phosphoric acid groups is 6. The number of nitrogens with two attached hydrogens (primary N) is 6. The molecule has 0 bridgehead atoms. The molecule has 6 aliphatic heterocycles. The van der Waals surface area contributed by atoms with Crippen molar-refractivity contribution in [2.75, 3.05) is 74.0 Å². The van der Waals surface area contributed by atoms with Crippen LogP contribution in [0.4, 0.5) is 35.3 Å². The maximum absolute atomic E-state index is 14.5. The van der Waals surface area contributed by atoms with Crippen LogP contribution >= 0.6 is 46.9 Å². The Morgan fingerprint density at radius 3 is 0.839 bits per heavy atom. The maximum Gasteiger partial charge on any atom is 0.472 e. The van der Waals surface area contributed by atoms with Gasteiger partial charge in [-0.3, -0.25) is 106 Å². The summed E-state index contributed by atoms with van der Waals surface area (Å²) in [6.07, 6.45) is -24.8. The third kappa shape index (κ3) is 20.6. The molecule has 15 heterocycles. The summed E-state index contributed by atoms with van der Waals surface area (Å²) in [5.41, 5.74) is 28.1. The van der Waals surface area contributed by atoms with Crippen LogP contribution < -0.4 is 68.1 Å². The molecule has 23 N–H and O–H groups in total. The number of aromatic nitrogens is 18. The molecule has 0 spiro atoms. The minimum absolute atomic E-state index is 0.0152. The van der Waals surface area contributed by atoms with Gasteiger partial charge in [0.05, 0.1) is 64.7 Å². The van der Waals surface area contributed by atoms with Crippen molar-refractivity contribution in [1.82, 2.24) is 87.2 Å². The van der Waals surface area contributed by atoms with E-state index in [0.29, 0.717) is 0 Å². The standard InChI is InChI=1S/C57H74N24O37P6/c58-34-1-4-76(55(86)67-34)38-8-23(29(109-38)14-102-119(89,90)91)114-121(94,95)106-17-32-26(11-41(112-32)80-20-65-44-47(80)71-53(62)74-50(44)84)117-124(100,101)105-16-31-25(10-40(111-31)78-6-3-36(60)69-57(78)88)116-122(96,97)107-18-33-27(12-42(113-33)81-21-66-45-48(81)72-54(63)75-51(45)85)118-123(98,99)104-15-30-24(9-39(110-30)77-5-2-35(59)68-56(77)87)115-120(92,93)103-13-28-22(82)7-37(108-28)79-19-64-43-46(79)70-52(61)73-49(43)83/h1-6,19-33,37-42,82H,7-18H2,(H,92,93)(H,94,95)(H,96,97)(H,98,99)(H,100,101)(H2,58,67,86)(H2,59,68,87)(H2,60,69,88)(H2,89,90,91)(H3,61,70,73,83)(H3,62,71,74,84)(H3,63,72,75,85)/t22-,23-,24-,25-,26-,27-,28+,29+,30+,31+,32+,33+,37+,38+,39+,40+,41+,42+/m0/s1. The van der Waals surface area contributed by atoms with E-state index in [0.717, 1.165) is 60.1 Å². The van der Waals surface area contributed by atoms with Gasteiger partial charge in [0, 0.05) is 57.1 Å². The van der Waals surface area contributed by atoms with Gasteiger partial charge in [-0.25, -0.2) is 56.7 Å². The summed E-state index contributed by atoms with van der Waals surface area (Å²) in [7, 11) is -33.0. The smallest absolute Gasteiger partial charge is 0.390 e. The van der Waals surface area contributed by atoms with Crippen LogP contribution in [0.25, 0.3) is 33.5 Å². The van der Waals surface area contributed by atoms with Crippen LogP contribution in [0.15, 0.2) is 84.5 Å². The molecule has 0 radical (unpaired) electrons. The Morgan fingerprint density at radius 1 is 0.347 bits per heavy atom. The SMILES string of the molecule is Nc1ccn([C@H]2C[C@H](OP(=O)(O)OC[C@H]3O[C@@H](n4cnc5c(=O)[nH]c(N)nc54)C[C@@H]3OP(=O)(O)OC[C@H]3O[C@@H](n4ccc(N)nc4=O)C[C@@H]3OP(=O)(O)OC[C@H]3O[C@@H](n4cnc5c(=O)[nH]c(N)nc54)C[C@@H]3OP(=O)(O)OC[C@H]3O[C@@H](n4ccc(N)nc4=O)C[C@@H]3OP(=O)(O)OC[C@H]3O[C@@H](n4cnc5c(=O)[nH]c(N)nc54)C[C@@H]3O)[C@@H](COP(=O)(O)O)O2)c(=O)n1. The van der Waals surface area contributed by atoms with E-state index in [1.54, 1.807) is 0 Å². The number of hydrogen-bond donors (Lipinski definition) is 17. The summed E-state index contributed by atoms with van der Waals surface area (Å²) in [4.78, 5) is 196. The normalized spacial score (nSPS) is 29.2. The minimum atomic E-state index is -5.69. The van der Waals surface area contributed by atoms with E-state index in [-0.39, 0.29) is 63.3 Å². The zero-order chi connectivity index (χ0) is 88.6. The van der Waals surface area contributed by atoms with E-state index in [1.165, 1.54) is 23.0 Å². The van der Waals surface area contributed by atoms with Crippen molar-refractivity contribution in [2.45, 2.75) is 149 Å². The van der Waals surface area contributed by atoms with Crippen molar-refractivity contribution < 1.29 is 145 Å². The van der Waals surface area contributed by atoms with Crippen LogP contribution in [-0.2, 0) is 106 Å². The van der Waals surface area contributed by atoms with Gasteiger partial charge in [-0.15, -0.1) is 0 Å². The summed E-state index contributed by atoms with van der Waals surface area (Å²) in [6, 6.07) is 3.56. The predicted octanol–water partition coefficient (Wildman–Crippen LogP) is -3.64. The Balaban J connectivity index is 0.635. The number of rotatable bonds is 34. The van der Waals surface area contributed by atoms with E-state index in [9.17, 15) is 95.5 Å². The minimum Gasteiger partial charge on any atom is -0.390 e. The number of anilines is 6. The first-order chi connectivity index (χ1) is 58.4. The molecular weight excluding hydrogens is 1800 g/mol. The zero-order valence-corrected chi connectivity index (χ0v) is 68.2. The van der Waals surface area contributed by atoms with Crippen LogP contribution in [0.5, 0.6) is 0 Å². The maximum atomic E-state index is 14.5. The van der Waals surface area contributed by atoms with Gasteiger partial charge in [-0.2, -0.15) is 29.9 Å². The summed E-state index contributed by atoms with van der Waals surface area (Å²) in [5, 5.41) is 11.0. The number of aliphatic hydroxyl groups is 1. The number of ether oxygens (including phenoxy) is 6. The molecule has 61 nitrogen and oxygen atoms in total. The largest absolute Gasteiger partial charge is 0.472 e. The first-order valence-corrected chi connectivity index (χ1v) is 45.2. The average Bonchev–Trinajstić information content (AvgIpc) is 1.62. The monoisotopic (exact) mass is 1870 g/mol. The van der Waals surface area contributed by atoms with Crippen LogP contribution in [0.1, 0.15) is 75.9 Å². The summed E-state index contributed by atoms with van der Waals surface area (Å²) >= 11 is 0. The molecule has 15 rings (SSSR count). The molecule has 5 unspecified atom stereocenters. The third-order valence-electron chi connectivity index (χ3n) is 19.6. The van der Waals surface area contributed by atoms with Gasteiger partial charge in [0.25, 0.3) is 16.7 Å². The van der Waals surface area contributed by atoms with Crippen molar-refractivity contribution in [3.8, 4) is 0 Å². The number of hydrogen-bond acceptors (Lipinski definition) is 45. The van der Waals surface area contributed by atoms with E-state index in [4.69, 9.17) is 108 Å². The molecule has 9 aromatic rings. The molecule has 23 atom stereocenters. The number of imidazole rings is 3. The number of nitrogen functional groups attached to an aromatic ring is 6. The molecule has 6 saturated heterocycles. The Morgan fingerprint density at radius 2 is 0.581 bits per heavy atom. The second kappa shape index (κ2) is 35.2. The number of nitrogens with zero attached hydrogens (tertiary/aromatic N) is 15. The van der Waals surface area contributed by atoms with Crippen molar-refractivity contribution in [3.63, 3.8) is 0 Å².